The van der Waals surface area contributed by atoms with Gasteiger partial charge in [-0.15, -0.1) is 0 Å². The summed E-state index contributed by atoms with van der Waals surface area (Å²) in [7, 11) is -2.04. The van der Waals surface area contributed by atoms with Crippen molar-refractivity contribution in [2.24, 2.45) is 0 Å². The normalized spacial score (nSPS) is 12.4. The van der Waals surface area contributed by atoms with Crippen molar-refractivity contribution in [3.8, 4) is 17.6 Å². The van der Waals surface area contributed by atoms with Crippen molar-refractivity contribution < 1.29 is 17.9 Å². The minimum absolute atomic E-state index is 0.00449. The van der Waals surface area contributed by atoms with Gasteiger partial charge in [-0.05, 0) is 56.2 Å². The van der Waals surface area contributed by atoms with Crippen LogP contribution in [-0.2, 0) is 15.8 Å². The fraction of sp³-hybridized carbons (Fsp3) is 0.350. The van der Waals surface area contributed by atoms with Gasteiger partial charge in [-0.2, -0.15) is 5.26 Å². The fourth-order valence-electron chi connectivity index (χ4n) is 2.63. The van der Waals surface area contributed by atoms with Crippen LogP contribution in [0.3, 0.4) is 0 Å². The number of nitriles is 1. The summed E-state index contributed by atoms with van der Waals surface area (Å²) in [5.41, 5.74) is 1.76. The quantitative estimate of drug-likeness (QED) is 0.747. The molecule has 0 spiro atoms. The zero-order chi connectivity index (χ0) is 20.0. The Bertz CT molecular complexity index is 933. The average molecular weight is 388 g/mol. The van der Waals surface area contributed by atoms with E-state index < -0.39 is 16.1 Å². The summed E-state index contributed by atoms with van der Waals surface area (Å²) in [6.07, 6.45) is 0.00449. The van der Waals surface area contributed by atoms with E-state index in [2.05, 4.69) is 4.72 Å². The molecular formula is C20H24N2O4S. The number of nitrogens with one attached hydrogen (secondary N) is 1. The lowest BCUT2D eigenvalue weighted by Gasteiger charge is -2.18. The Morgan fingerprint density at radius 1 is 1.11 bits per heavy atom. The lowest BCUT2D eigenvalue weighted by Crippen LogP contribution is -2.28. The number of hydrogen-bond acceptors (Lipinski definition) is 5. The van der Waals surface area contributed by atoms with Gasteiger partial charge in [0.1, 0.15) is 0 Å². The van der Waals surface area contributed by atoms with E-state index >= 15 is 0 Å². The molecule has 2 rings (SSSR count). The van der Waals surface area contributed by atoms with Crippen molar-refractivity contribution >= 4 is 10.0 Å². The van der Waals surface area contributed by atoms with E-state index in [1.165, 1.54) is 0 Å². The Hall–Kier alpha value is -2.56. The van der Waals surface area contributed by atoms with Crippen LogP contribution in [0.5, 0.6) is 11.5 Å². The number of nitrogens with zero attached hydrogens (tertiary/aromatic N) is 1. The molecule has 0 aliphatic carbocycles. The first-order valence-corrected chi connectivity index (χ1v) is 10.2. The van der Waals surface area contributed by atoms with E-state index in [4.69, 9.17) is 14.7 Å². The molecule has 0 saturated heterocycles. The highest BCUT2D eigenvalue weighted by atomic mass is 32.2. The van der Waals surface area contributed by atoms with Gasteiger partial charge >= 0.3 is 0 Å². The Balaban J connectivity index is 2.15. The number of ether oxygens (including phenoxy) is 2. The van der Waals surface area contributed by atoms with Crippen LogP contribution in [0.2, 0.25) is 0 Å². The van der Waals surface area contributed by atoms with Crippen molar-refractivity contribution in [3.63, 3.8) is 0 Å². The van der Waals surface area contributed by atoms with Crippen LogP contribution in [-0.4, -0.2) is 21.6 Å². The van der Waals surface area contributed by atoms with Gasteiger partial charge in [-0.25, -0.2) is 13.1 Å². The smallest absolute Gasteiger partial charge is 0.216 e. The van der Waals surface area contributed by atoms with Crippen LogP contribution in [0, 0.1) is 11.3 Å². The molecule has 2 aromatic rings. The number of sulfonamides is 1. The van der Waals surface area contributed by atoms with Gasteiger partial charge in [0.25, 0.3) is 0 Å². The van der Waals surface area contributed by atoms with Gasteiger partial charge in [-0.1, -0.05) is 18.2 Å². The van der Waals surface area contributed by atoms with Gasteiger partial charge in [0.05, 0.1) is 30.6 Å². The Kier molecular flexibility index (Phi) is 6.83. The maximum Gasteiger partial charge on any atom is 0.216 e. The molecule has 0 aromatic heterocycles. The van der Waals surface area contributed by atoms with Crippen molar-refractivity contribution in [3.05, 3.63) is 59.2 Å². The molecule has 0 fully saturated rings. The molecule has 1 N–H and O–H groups in total. The molecular weight excluding hydrogens is 364 g/mol. The molecule has 2 aromatic carbocycles. The Morgan fingerprint density at radius 2 is 1.85 bits per heavy atom. The standard InChI is InChI=1S/C20H24N2O4S/c1-14(2)26-19-9-8-18(11-20(19)25-4)15(3)22-27(23,24)13-17-7-5-6-16(10-17)12-21/h5-11,14-15,22H,13H2,1-4H3. The third-order valence-corrected chi connectivity index (χ3v) is 5.25. The zero-order valence-corrected chi connectivity index (χ0v) is 16.7. The number of methoxy groups -OCH3 is 1. The summed E-state index contributed by atoms with van der Waals surface area (Å²) in [4.78, 5) is 0. The van der Waals surface area contributed by atoms with Crippen molar-refractivity contribution in [1.82, 2.24) is 4.72 Å². The molecule has 6 nitrogen and oxygen atoms in total. The fourth-order valence-corrected chi connectivity index (χ4v) is 4.01. The van der Waals surface area contributed by atoms with E-state index in [1.807, 2.05) is 26.0 Å². The predicted molar refractivity (Wildman–Crippen MR) is 104 cm³/mol. The second-order valence-electron chi connectivity index (χ2n) is 6.49. The van der Waals surface area contributed by atoms with E-state index in [1.54, 1.807) is 50.4 Å². The maximum absolute atomic E-state index is 12.5. The summed E-state index contributed by atoms with van der Waals surface area (Å²) in [6, 6.07) is 13.5. The molecule has 0 aliphatic rings. The molecule has 0 aliphatic heterocycles. The molecule has 0 saturated carbocycles. The van der Waals surface area contributed by atoms with Gasteiger partial charge < -0.3 is 9.47 Å². The van der Waals surface area contributed by atoms with Gasteiger partial charge in [-0.3, -0.25) is 0 Å². The number of benzene rings is 2. The molecule has 0 amide bonds. The first kappa shape index (κ1) is 20.7. The lowest BCUT2D eigenvalue weighted by molar-refractivity contribution is 0.230. The minimum Gasteiger partial charge on any atom is -0.493 e. The molecule has 27 heavy (non-hydrogen) atoms. The summed E-state index contributed by atoms with van der Waals surface area (Å²) in [6.45, 7) is 5.61. The minimum atomic E-state index is -3.59. The van der Waals surface area contributed by atoms with Gasteiger partial charge in [0.2, 0.25) is 10.0 Å². The summed E-state index contributed by atoms with van der Waals surface area (Å²) in [5, 5.41) is 8.94. The van der Waals surface area contributed by atoms with E-state index in [0.29, 0.717) is 22.6 Å². The Morgan fingerprint density at radius 3 is 2.48 bits per heavy atom. The first-order chi connectivity index (χ1) is 12.7. The van der Waals surface area contributed by atoms with Crippen LogP contribution in [0.1, 0.15) is 43.5 Å². The van der Waals surface area contributed by atoms with E-state index in [9.17, 15) is 8.42 Å². The molecule has 1 unspecified atom stereocenters. The second-order valence-corrected chi connectivity index (χ2v) is 8.24. The first-order valence-electron chi connectivity index (χ1n) is 8.57. The number of hydrogen-bond donors (Lipinski definition) is 1. The van der Waals surface area contributed by atoms with Crippen molar-refractivity contribution in [2.75, 3.05) is 7.11 Å². The van der Waals surface area contributed by atoms with Crippen LogP contribution >= 0.6 is 0 Å². The molecule has 1 atom stereocenters. The third-order valence-electron chi connectivity index (χ3n) is 3.82. The topological polar surface area (TPSA) is 88.4 Å². The summed E-state index contributed by atoms with van der Waals surface area (Å²) in [5.74, 6) is 0.965. The molecule has 144 valence electrons. The SMILES string of the molecule is COc1cc(C(C)NS(=O)(=O)Cc2cccc(C#N)c2)ccc1OC(C)C. The van der Waals surface area contributed by atoms with Gasteiger partial charge in [0, 0.05) is 6.04 Å². The molecule has 0 heterocycles. The highest BCUT2D eigenvalue weighted by Gasteiger charge is 2.18. The third kappa shape index (κ3) is 5.98. The second kappa shape index (κ2) is 8.89. The molecule has 7 heteroatoms. The lowest BCUT2D eigenvalue weighted by atomic mass is 10.1. The highest BCUT2D eigenvalue weighted by Crippen LogP contribution is 2.31. The van der Waals surface area contributed by atoms with E-state index in [0.717, 1.165) is 5.56 Å². The predicted octanol–water partition coefficient (Wildman–Crippen LogP) is 3.53. The van der Waals surface area contributed by atoms with E-state index in [-0.39, 0.29) is 11.9 Å². The highest BCUT2D eigenvalue weighted by molar-refractivity contribution is 7.88. The molecule has 0 radical (unpaired) electrons. The monoisotopic (exact) mass is 388 g/mol. The van der Waals surface area contributed by atoms with Crippen LogP contribution < -0.4 is 14.2 Å². The largest absolute Gasteiger partial charge is 0.493 e. The zero-order valence-electron chi connectivity index (χ0n) is 15.9. The number of rotatable bonds is 8. The molecule has 0 bridgehead atoms. The van der Waals surface area contributed by atoms with Crippen molar-refractivity contribution in [1.29, 1.82) is 5.26 Å². The van der Waals surface area contributed by atoms with Crippen molar-refractivity contribution in [2.45, 2.75) is 38.7 Å². The van der Waals surface area contributed by atoms with Gasteiger partial charge in [0.15, 0.2) is 11.5 Å². The van der Waals surface area contributed by atoms with Crippen LogP contribution in [0.15, 0.2) is 42.5 Å². The summed E-state index contributed by atoms with van der Waals surface area (Å²) >= 11 is 0. The van der Waals surface area contributed by atoms with Crippen LogP contribution in [0.25, 0.3) is 0 Å². The average Bonchev–Trinajstić information content (AvgIpc) is 2.60. The maximum atomic E-state index is 12.5. The summed E-state index contributed by atoms with van der Waals surface area (Å²) < 4.78 is 38.7. The Labute approximate surface area is 160 Å². The van der Waals surface area contributed by atoms with Crippen LogP contribution in [0.4, 0.5) is 0 Å².